The Labute approximate surface area is 153 Å². The van der Waals surface area contributed by atoms with Gasteiger partial charge in [0, 0.05) is 11.3 Å². The monoisotopic (exact) mass is 356 g/mol. The minimum atomic E-state index is -0.455. The lowest BCUT2D eigenvalue weighted by molar-refractivity contribution is -0.139. The molecule has 7 heteroatoms. The van der Waals surface area contributed by atoms with Crippen molar-refractivity contribution in [3.8, 4) is 5.75 Å². The molecule has 1 aromatic heterocycles. The van der Waals surface area contributed by atoms with Crippen LogP contribution < -0.4 is 10.1 Å². The van der Waals surface area contributed by atoms with E-state index in [1.54, 1.807) is 11.8 Å². The number of esters is 1. The summed E-state index contributed by atoms with van der Waals surface area (Å²) in [6.07, 6.45) is 4.43. The summed E-state index contributed by atoms with van der Waals surface area (Å²) in [6, 6.07) is 7.15. The molecular weight excluding hydrogens is 332 g/mol. The summed E-state index contributed by atoms with van der Waals surface area (Å²) < 4.78 is 12.7. The second-order valence-electron chi connectivity index (χ2n) is 6.18. The topological polar surface area (TPSA) is 78.3 Å². The summed E-state index contributed by atoms with van der Waals surface area (Å²) in [7, 11) is 1.61. The van der Waals surface area contributed by atoms with Crippen molar-refractivity contribution in [1.82, 2.24) is 14.8 Å². The molecule has 1 aliphatic heterocycles. The maximum absolute atomic E-state index is 12.9. The summed E-state index contributed by atoms with van der Waals surface area (Å²) in [5.74, 6) is 0.925. The number of rotatable bonds is 7. The van der Waals surface area contributed by atoms with E-state index in [0.29, 0.717) is 29.6 Å². The maximum atomic E-state index is 12.9. The number of anilines is 1. The number of carbonyl (C=O) groups excluding carboxylic acids is 1. The third kappa shape index (κ3) is 3.42. The quantitative estimate of drug-likeness (QED) is 0.606. The van der Waals surface area contributed by atoms with Gasteiger partial charge in [-0.1, -0.05) is 38.0 Å². The molecule has 0 saturated carbocycles. The number of hydrogen-bond donors (Lipinski definition) is 1. The number of nitrogens with zero attached hydrogens (tertiary/aromatic N) is 3. The van der Waals surface area contributed by atoms with E-state index < -0.39 is 6.04 Å². The van der Waals surface area contributed by atoms with Gasteiger partial charge in [-0.25, -0.2) is 9.48 Å². The fourth-order valence-corrected chi connectivity index (χ4v) is 3.13. The van der Waals surface area contributed by atoms with Gasteiger partial charge in [0.15, 0.2) is 0 Å². The van der Waals surface area contributed by atoms with Crippen LogP contribution in [0.25, 0.3) is 0 Å². The zero-order chi connectivity index (χ0) is 18.5. The van der Waals surface area contributed by atoms with Crippen LogP contribution >= 0.6 is 0 Å². The van der Waals surface area contributed by atoms with E-state index in [4.69, 9.17) is 9.47 Å². The predicted molar refractivity (Wildman–Crippen MR) is 98.0 cm³/mol. The highest BCUT2D eigenvalue weighted by atomic mass is 16.5. The largest absolute Gasteiger partial charge is 0.496 e. The normalized spacial score (nSPS) is 16.0. The third-order valence-electron chi connectivity index (χ3n) is 4.43. The second kappa shape index (κ2) is 8.03. The molecule has 0 saturated heterocycles. The van der Waals surface area contributed by atoms with Crippen LogP contribution in [0.5, 0.6) is 5.75 Å². The summed E-state index contributed by atoms with van der Waals surface area (Å²) >= 11 is 0. The fourth-order valence-electron chi connectivity index (χ4n) is 3.13. The molecule has 3 rings (SSSR count). The zero-order valence-electron chi connectivity index (χ0n) is 15.4. The van der Waals surface area contributed by atoms with E-state index >= 15 is 0 Å². The molecular formula is C19H24N4O3. The Morgan fingerprint density at radius 2 is 2.12 bits per heavy atom. The number of unbranched alkanes of at least 4 members (excludes halogenated alkanes) is 2. The predicted octanol–water partition coefficient (Wildman–Crippen LogP) is 3.31. The molecule has 7 nitrogen and oxygen atoms in total. The van der Waals surface area contributed by atoms with Crippen LogP contribution in [0.1, 0.15) is 44.7 Å². The van der Waals surface area contributed by atoms with Crippen molar-refractivity contribution >= 4 is 11.9 Å². The SMILES string of the molecule is CCCCCOC(=O)C1=C(C)Nc2ncnn2[C@@H]1c1ccccc1OC. The van der Waals surface area contributed by atoms with E-state index in [9.17, 15) is 4.79 Å². The van der Waals surface area contributed by atoms with Crippen LogP contribution in [0, 0.1) is 0 Å². The van der Waals surface area contributed by atoms with E-state index in [-0.39, 0.29) is 5.97 Å². The number of hydrogen-bond acceptors (Lipinski definition) is 6. The van der Waals surface area contributed by atoms with Gasteiger partial charge in [0.05, 0.1) is 19.3 Å². The number of nitrogens with one attached hydrogen (secondary N) is 1. The number of benzene rings is 1. The zero-order valence-corrected chi connectivity index (χ0v) is 15.4. The van der Waals surface area contributed by atoms with E-state index in [1.165, 1.54) is 6.33 Å². The number of para-hydroxylation sites is 1. The number of fused-ring (bicyclic) bond motifs is 1. The highest BCUT2D eigenvalue weighted by Gasteiger charge is 2.35. The summed E-state index contributed by atoms with van der Waals surface area (Å²) in [5, 5.41) is 7.45. The van der Waals surface area contributed by atoms with Crippen molar-refractivity contribution in [3.05, 3.63) is 47.4 Å². The van der Waals surface area contributed by atoms with Crippen molar-refractivity contribution in [2.75, 3.05) is 19.0 Å². The van der Waals surface area contributed by atoms with Crippen molar-refractivity contribution in [1.29, 1.82) is 0 Å². The van der Waals surface area contributed by atoms with E-state index in [0.717, 1.165) is 24.8 Å². The number of ether oxygens (including phenoxy) is 2. The Hall–Kier alpha value is -2.83. The van der Waals surface area contributed by atoms with Gasteiger partial charge in [0.1, 0.15) is 18.1 Å². The lowest BCUT2D eigenvalue weighted by Crippen LogP contribution is -2.30. The van der Waals surface area contributed by atoms with Crippen LogP contribution in [-0.4, -0.2) is 34.5 Å². The van der Waals surface area contributed by atoms with Crippen LogP contribution in [0.3, 0.4) is 0 Å². The van der Waals surface area contributed by atoms with Gasteiger partial charge in [-0.05, 0) is 19.4 Å². The average molecular weight is 356 g/mol. The van der Waals surface area contributed by atoms with Crippen molar-refractivity contribution in [2.45, 2.75) is 39.2 Å². The van der Waals surface area contributed by atoms with E-state index in [2.05, 4.69) is 22.3 Å². The Kier molecular flexibility index (Phi) is 5.55. The van der Waals surface area contributed by atoms with Gasteiger partial charge < -0.3 is 14.8 Å². The van der Waals surface area contributed by atoms with Gasteiger partial charge in [-0.3, -0.25) is 0 Å². The molecule has 0 fully saturated rings. The van der Waals surface area contributed by atoms with Gasteiger partial charge in [-0.2, -0.15) is 10.1 Å². The molecule has 1 aliphatic rings. The Morgan fingerprint density at radius 3 is 2.88 bits per heavy atom. The first kappa shape index (κ1) is 18.0. The summed E-state index contributed by atoms with van der Waals surface area (Å²) in [5.41, 5.74) is 2.06. The minimum absolute atomic E-state index is 0.344. The molecule has 138 valence electrons. The first-order valence-electron chi connectivity index (χ1n) is 8.84. The molecule has 0 amide bonds. The molecule has 1 N–H and O–H groups in total. The number of carbonyl (C=O) groups is 1. The smallest absolute Gasteiger partial charge is 0.338 e. The van der Waals surface area contributed by atoms with Crippen LogP contribution in [-0.2, 0) is 9.53 Å². The van der Waals surface area contributed by atoms with E-state index in [1.807, 2.05) is 31.2 Å². The maximum Gasteiger partial charge on any atom is 0.338 e. The van der Waals surface area contributed by atoms with Gasteiger partial charge in [0.25, 0.3) is 0 Å². The lowest BCUT2D eigenvalue weighted by Gasteiger charge is -2.29. The molecule has 0 bridgehead atoms. The molecule has 0 radical (unpaired) electrons. The minimum Gasteiger partial charge on any atom is -0.496 e. The molecule has 2 heterocycles. The lowest BCUT2D eigenvalue weighted by atomic mass is 9.95. The average Bonchev–Trinajstić information content (AvgIpc) is 3.11. The summed E-state index contributed by atoms with van der Waals surface area (Å²) in [4.78, 5) is 17.1. The van der Waals surface area contributed by atoms with Crippen molar-refractivity contribution in [3.63, 3.8) is 0 Å². The third-order valence-corrected chi connectivity index (χ3v) is 4.43. The standard InChI is InChI=1S/C19H24N4O3/c1-4-5-8-11-26-18(24)16-13(2)22-19-20-12-21-23(19)17(16)14-9-6-7-10-15(14)25-3/h6-7,9-10,12,17H,4-5,8,11H2,1-3H3,(H,20,21,22)/t17-/m1/s1. The summed E-state index contributed by atoms with van der Waals surface area (Å²) in [6.45, 7) is 4.37. The molecule has 0 spiro atoms. The first-order valence-corrected chi connectivity index (χ1v) is 8.84. The van der Waals surface area contributed by atoms with Crippen LogP contribution in [0.15, 0.2) is 41.9 Å². The Morgan fingerprint density at radius 1 is 1.31 bits per heavy atom. The number of aromatic nitrogens is 3. The number of allylic oxidation sites excluding steroid dienone is 1. The second-order valence-corrected chi connectivity index (χ2v) is 6.18. The molecule has 26 heavy (non-hydrogen) atoms. The van der Waals surface area contributed by atoms with Crippen LogP contribution in [0.4, 0.5) is 5.95 Å². The van der Waals surface area contributed by atoms with Gasteiger partial charge >= 0.3 is 5.97 Å². The highest BCUT2D eigenvalue weighted by molar-refractivity contribution is 5.92. The van der Waals surface area contributed by atoms with Crippen molar-refractivity contribution in [2.24, 2.45) is 0 Å². The Bertz CT molecular complexity index is 813. The van der Waals surface area contributed by atoms with Gasteiger partial charge in [-0.15, -0.1) is 0 Å². The molecule has 2 aromatic rings. The molecule has 1 aromatic carbocycles. The molecule has 0 unspecified atom stereocenters. The van der Waals surface area contributed by atoms with Gasteiger partial charge in [0.2, 0.25) is 5.95 Å². The number of methoxy groups -OCH3 is 1. The van der Waals surface area contributed by atoms with Crippen molar-refractivity contribution < 1.29 is 14.3 Å². The fraction of sp³-hybridized carbons (Fsp3) is 0.421. The first-order chi connectivity index (χ1) is 12.7. The molecule has 0 aliphatic carbocycles. The van der Waals surface area contributed by atoms with Crippen LogP contribution in [0.2, 0.25) is 0 Å². The highest BCUT2D eigenvalue weighted by Crippen LogP contribution is 2.38. The molecule has 1 atom stereocenters. The Balaban J connectivity index is 1.98.